The van der Waals surface area contributed by atoms with E-state index in [0.717, 1.165) is 5.56 Å². The second-order valence-corrected chi connectivity index (χ2v) is 7.04. The molecule has 0 aliphatic rings. The SMILES string of the molecule is CC(C)(C)OC(=O)NC(CCOc1ccc(N)c(N)c1)c1ccccc1. The third-order valence-corrected chi connectivity index (χ3v) is 3.63. The average Bonchev–Trinajstić information content (AvgIpc) is 2.56. The molecule has 1 atom stereocenters. The molecule has 6 heteroatoms. The molecule has 2 aromatic rings. The van der Waals surface area contributed by atoms with Crippen molar-refractivity contribution >= 4 is 17.5 Å². The van der Waals surface area contributed by atoms with E-state index >= 15 is 0 Å². The van der Waals surface area contributed by atoms with E-state index < -0.39 is 11.7 Å². The van der Waals surface area contributed by atoms with Gasteiger partial charge in [-0.25, -0.2) is 4.79 Å². The fraction of sp³-hybridized carbons (Fsp3) is 0.350. The van der Waals surface area contributed by atoms with Crippen molar-refractivity contribution in [1.82, 2.24) is 5.32 Å². The van der Waals surface area contributed by atoms with Crippen molar-refractivity contribution < 1.29 is 14.3 Å². The summed E-state index contributed by atoms with van der Waals surface area (Å²) >= 11 is 0. The molecule has 5 N–H and O–H groups in total. The molecule has 26 heavy (non-hydrogen) atoms. The van der Waals surface area contributed by atoms with Crippen molar-refractivity contribution in [3.63, 3.8) is 0 Å². The van der Waals surface area contributed by atoms with Crippen LogP contribution in [0.2, 0.25) is 0 Å². The van der Waals surface area contributed by atoms with E-state index in [-0.39, 0.29) is 6.04 Å². The molecule has 0 aromatic heterocycles. The number of amides is 1. The first-order valence-electron chi connectivity index (χ1n) is 8.57. The molecule has 0 aliphatic carbocycles. The normalized spacial score (nSPS) is 12.3. The molecule has 0 bridgehead atoms. The van der Waals surface area contributed by atoms with Crippen LogP contribution in [-0.4, -0.2) is 18.3 Å². The number of anilines is 2. The number of benzene rings is 2. The van der Waals surface area contributed by atoms with Gasteiger partial charge in [0.15, 0.2) is 0 Å². The highest BCUT2D eigenvalue weighted by molar-refractivity contribution is 5.68. The number of alkyl carbamates (subject to hydrolysis) is 1. The Hall–Kier alpha value is -2.89. The fourth-order valence-corrected chi connectivity index (χ4v) is 2.39. The highest BCUT2D eigenvalue weighted by atomic mass is 16.6. The van der Waals surface area contributed by atoms with Crippen molar-refractivity contribution in [3.05, 3.63) is 54.1 Å². The first kappa shape index (κ1) is 19.4. The fourth-order valence-electron chi connectivity index (χ4n) is 2.39. The molecule has 0 fully saturated rings. The van der Waals surface area contributed by atoms with Gasteiger partial charge >= 0.3 is 6.09 Å². The molecule has 140 valence electrons. The first-order chi connectivity index (χ1) is 12.2. The van der Waals surface area contributed by atoms with Gasteiger partial charge in [-0.1, -0.05) is 30.3 Å². The van der Waals surface area contributed by atoms with Crippen molar-refractivity contribution in [2.24, 2.45) is 0 Å². The summed E-state index contributed by atoms with van der Waals surface area (Å²) in [4.78, 5) is 12.2. The molecule has 0 spiro atoms. The van der Waals surface area contributed by atoms with E-state index in [1.165, 1.54) is 0 Å². The third kappa shape index (κ3) is 6.20. The Labute approximate surface area is 154 Å². The second-order valence-electron chi connectivity index (χ2n) is 7.04. The van der Waals surface area contributed by atoms with E-state index in [2.05, 4.69) is 5.32 Å². The van der Waals surface area contributed by atoms with Gasteiger partial charge in [-0.05, 0) is 38.5 Å². The summed E-state index contributed by atoms with van der Waals surface area (Å²) in [5.74, 6) is 0.640. The maximum atomic E-state index is 12.2. The molecule has 1 amide bonds. The van der Waals surface area contributed by atoms with Crippen LogP contribution in [0.5, 0.6) is 5.75 Å². The predicted octanol–water partition coefficient (Wildman–Crippen LogP) is 3.89. The van der Waals surface area contributed by atoms with Gasteiger partial charge < -0.3 is 26.3 Å². The minimum absolute atomic E-state index is 0.225. The summed E-state index contributed by atoms with van der Waals surface area (Å²) in [5, 5.41) is 2.91. The molecule has 2 rings (SSSR count). The smallest absolute Gasteiger partial charge is 0.408 e. The topological polar surface area (TPSA) is 99.6 Å². The third-order valence-electron chi connectivity index (χ3n) is 3.63. The van der Waals surface area contributed by atoms with Gasteiger partial charge in [0.1, 0.15) is 11.4 Å². The maximum absolute atomic E-state index is 12.2. The van der Waals surface area contributed by atoms with Crippen molar-refractivity contribution in [2.45, 2.75) is 38.8 Å². The van der Waals surface area contributed by atoms with Crippen LogP contribution in [-0.2, 0) is 4.74 Å². The molecule has 0 radical (unpaired) electrons. The number of rotatable bonds is 6. The number of carbonyl (C=O) groups excluding carboxylic acids is 1. The number of nitrogens with one attached hydrogen (secondary N) is 1. The number of ether oxygens (including phenoxy) is 2. The van der Waals surface area contributed by atoms with E-state index in [0.29, 0.717) is 30.2 Å². The lowest BCUT2D eigenvalue weighted by atomic mass is 10.0. The summed E-state index contributed by atoms with van der Waals surface area (Å²) in [6.07, 6.45) is 0.121. The quantitative estimate of drug-likeness (QED) is 0.681. The van der Waals surface area contributed by atoms with E-state index in [1.54, 1.807) is 18.2 Å². The Morgan fingerprint density at radius 1 is 1.08 bits per heavy atom. The van der Waals surface area contributed by atoms with E-state index in [1.807, 2.05) is 51.1 Å². The molecule has 0 saturated carbocycles. The van der Waals surface area contributed by atoms with Gasteiger partial charge in [0.05, 0.1) is 24.0 Å². The maximum Gasteiger partial charge on any atom is 0.408 e. The van der Waals surface area contributed by atoms with Crippen LogP contribution in [0.3, 0.4) is 0 Å². The average molecular weight is 357 g/mol. The molecule has 2 aromatic carbocycles. The minimum atomic E-state index is -0.552. The van der Waals surface area contributed by atoms with Crippen LogP contribution in [0.25, 0.3) is 0 Å². The van der Waals surface area contributed by atoms with Gasteiger partial charge in [0, 0.05) is 12.5 Å². The second kappa shape index (κ2) is 8.47. The summed E-state index contributed by atoms with van der Waals surface area (Å²) in [7, 11) is 0. The molecule has 0 aliphatic heterocycles. The van der Waals surface area contributed by atoms with Gasteiger partial charge in [-0.15, -0.1) is 0 Å². The zero-order chi connectivity index (χ0) is 19.2. The Kier molecular flexibility index (Phi) is 6.33. The lowest BCUT2D eigenvalue weighted by Crippen LogP contribution is -2.35. The highest BCUT2D eigenvalue weighted by Crippen LogP contribution is 2.23. The van der Waals surface area contributed by atoms with Crippen LogP contribution >= 0.6 is 0 Å². The molecular formula is C20H27N3O3. The molecule has 0 saturated heterocycles. The van der Waals surface area contributed by atoms with Crippen molar-refractivity contribution in [3.8, 4) is 5.75 Å². The highest BCUT2D eigenvalue weighted by Gasteiger charge is 2.20. The summed E-state index contributed by atoms with van der Waals surface area (Å²) < 4.78 is 11.1. The van der Waals surface area contributed by atoms with Gasteiger partial charge in [-0.3, -0.25) is 0 Å². The molecule has 1 unspecified atom stereocenters. The zero-order valence-corrected chi connectivity index (χ0v) is 15.5. The van der Waals surface area contributed by atoms with Gasteiger partial charge in [-0.2, -0.15) is 0 Å². The summed E-state index contributed by atoms with van der Waals surface area (Å²) in [6.45, 7) is 5.90. The Morgan fingerprint density at radius 2 is 1.77 bits per heavy atom. The lowest BCUT2D eigenvalue weighted by molar-refractivity contribution is 0.0497. The number of hydrogen-bond donors (Lipinski definition) is 3. The Morgan fingerprint density at radius 3 is 2.38 bits per heavy atom. The minimum Gasteiger partial charge on any atom is -0.493 e. The number of carbonyl (C=O) groups is 1. The monoisotopic (exact) mass is 357 g/mol. The van der Waals surface area contributed by atoms with Crippen LogP contribution in [0, 0.1) is 0 Å². The Balaban J connectivity index is 2.00. The summed E-state index contributed by atoms with van der Waals surface area (Å²) in [6, 6.07) is 14.7. The number of nitrogens with two attached hydrogens (primary N) is 2. The molecule has 0 heterocycles. The van der Waals surface area contributed by atoms with Crippen molar-refractivity contribution in [2.75, 3.05) is 18.1 Å². The van der Waals surface area contributed by atoms with Crippen LogP contribution < -0.4 is 21.5 Å². The molecule has 6 nitrogen and oxygen atoms in total. The zero-order valence-electron chi connectivity index (χ0n) is 15.5. The largest absolute Gasteiger partial charge is 0.493 e. The van der Waals surface area contributed by atoms with Gasteiger partial charge in [0.25, 0.3) is 0 Å². The van der Waals surface area contributed by atoms with Crippen molar-refractivity contribution in [1.29, 1.82) is 0 Å². The lowest BCUT2D eigenvalue weighted by Gasteiger charge is -2.24. The van der Waals surface area contributed by atoms with Gasteiger partial charge in [0.2, 0.25) is 0 Å². The van der Waals surface area contributed by atoms with E-state index in [9.17, 15) is 4.79 Å². The van der Waals surface area contributed by atoms with E-state index in [4.69, 9.17) is 20.9 Å². The summed E-state index contributed by atoms with van der Waals surface area (Å²) in [5.41, 5.74) is 12.9. The molecular weight excluding hydrogens is 330 g/mol. The van der Waals surface area contributed by atoms with Crippen LogP contribution in [0.15, 0.2) is 48.5 Å². The number of nitrogen functional groups attached to an aromatic ring is 2. The van der Waals surface area contributed by atoms with Crippen LogP contribution in [0.1, 0.15) is 38.8 Å². The predicted molar refractivity (Wildman–Crippen MR) is 104 cm³/mol. The Bertz CT molecular complexity index is 727. The standard InChI is InChI=1S/C20H27N3O3/c1-20(2,3)26-19(24)23-18(14-7-5-4-6-8-14)11-12-25-15-9-10-16(21)17(22)13-15/h4-10,13,18H,11-12,21-22H2,1-3H3,(H,23,24). The number of hydrogen-bond acceptors (Lipinski definition) is 5. The first-order valence-corrected chi connectivity index (χ1v) is 8.57. The van der Waals surface area contributed by atoms with Crippen LogP contribution in [0.4, 0.5) is 16.2 Å².